The maximum atomic E-state index is 12.6. The van der Waals surface area contributed by atoms with E-state index in [4.69, 9.17) is 0 Å². The van der Waals surface area contributed by atoms with Crippen LogP contribution in [0.1, 0.15) is 44.6 Å². The third-order valence-corrected chi connectivity index (χ3v) is 7.11. The molecule has 7 nitrogen and oxygen atoms in total. The van der Waals surface area contributed by atoms with E-state index < -0.39 is 16.1 Å². The fraction of sp³-hybridized carbons (Fsp3) is 0.667. The van der Waals surface area contributed by atoms with Gasteiger partial charge in [0.15, 0.2) is 0 Å². The molecule has 3 heterocycles. The average molecular weight is 381 g/mol. The molecule has 0 aliphatic carbocycles. The minimum absolute atomic E-state index is 0.0975. The number of hydrogen-bond donors (Lipinski definition) is 1. The van der Waals surface area contributed by atoms with Crippen molar-refractivity contribution in [3.63, 3.8) is 0 Å². The molecule has 1 aromatic heterocycles. The summed E-state index contributed by atoms with van der Waals surface area (Å²) in [4.78, 5) is 19.2. The zero-order chi connectivity index (χ0) is 18.6. The first-order chi connectivity index (χ1) is 12.5. The average Bonchev–Trinajstić information content (AvgIpc) is 3.31. The first-order valence-electron chi connectivity index (χ1n) is 9.48. The number of amides is 1. The Morgan fingerprint density at radius 3 is 2.77 bits per heavy atom. The van der Waals surface area contributed by atoms with Crippen LogP contribution >= 0.6 is 0 Å². The quantitative estimate of drug-likeness (QED) is 0.775. The second-order valence-electron chi connectivity index (χ2n) is 7.02. The number of nitrogens with zero attached hydrogens (tertiary/aromatic N) is 3. The molecule has 1 amide bonds. The van der Waals surface area contributed by atoms with Crippen LogP contribution in [0.3, 0.4) is 0 Å². The molecule has 2 fully saturated rings. The second-order valence-corrected chi connectivity index (χ2v) is 9.06. The Bertz CT molecular complexity index is 732. The van der Waals surface area contributed by atoms with Gasteiger partial charge >= 0.3 is 0 Å². The molecule has 2 aliphatic rings. The standard InChI is InChI=1S/C18H28N4O3S/c1-2-12-26(24,25)22-11-5-6-16(22)18(23)20-14-15-7-8-19-17(13-15)21-9-3-4-10-21/h7-8,13,16H,2-6,9-12,14H2,1H3,(H,20,23). The molecule has 1 N–H and O–H groups in total. The molecular formula is C18H28N4O3S. The van der Waals surface area contributed by atoms with Crippen LogP contribution in [0.5, 0.6) is 0 Å². The molecule has 0 bridgehead atoms. The number of aromatic nitrogens is 1. The van der Waals surface area contributed by atoms with Gasteiger partial charge in [-0.15, -0.1) is 0 Å². The predicted octanol–water partition coefficient (Wildman–Crippen LogP) is 1.50. The van der Waals surface area contributed by atoms with Gasteiger partial charge in [-0.1, -0.05) is 6.92 Å². The summed E-state index contributed by atoms with van der Waals surface area (Å²) in [7, 11) is -3.35. The summed E-state index contributed by atoms with van der Waals surface area (Å²) in [5.41, 5.74) is 0.983. The summed E-state index contributed by atoms with van der Waals surface area (Å²) < 4.78 is 26.1. The summed E-state index contributed by atoms with van der Waals surface area (Å²) in [6.45, 7) is 4.71. The molecule has 144 valence electrons. The molecule has 1 unspecified atom stereocenters. The molecular weight excluding hydrogens is 352 g/mol. The van der Waals surface area contributed by atoms with Crippen molar-refractivity contribution in [1.29, 1.82) is 0 Å². The lowest BCUT2D eigenvalue weighted by atomic mass is 10.2. The minimum atomic E-state index is -3.35. The van der Waals surface area contributed by atoms with E-state index in [2.05, 4.69) is 15.2 Å². The van der Waals surface area contributed by atoms with Crippen molar-refractivity contribution >= 4 is 21.7 Å². The monoisotopic (exact) mass is 380 g/mol. The Morgan fingerprint density at radius 2 is 2.04 bits per heavy atom. The van der Waals surface area contributed by atoms with E-state index in [0.717, 1.165) is 30.9 Å². The van der Waals surface area contributed by atoms with Gasteiger partial charge in [-0.25, -0.2) is 13.4 Å². The fourth-order valence-electron chi connectivity index (χ4n) is 3.71. The van der Waals surface area contributed by atoms with Crippen LogP contribution in [0.25, 0.3) is 0 Å². The van der Waals surface area contributed by atoms with Crippen LogP contribution in [0.2, 0.25) is 0 Å². The van der Waals surface area contributed by atoms with E-state index in [0.29, 0.717) is 25.9 Å². The number of carbonyl (C=O) groups excluding carboxylic acids is 1. The van der Waals surface area contributed by atoms with Gasteiger partial charge in [0.2, 0.25) is 15.9 Å². The van der Waals surface area contributed by atoms with E-state index >= 15 is 0 Å². The van der Waals surface area contributed by atoms with Gasteiger partial charge in [0.25, 0.3) is 0 Å². The SMILES string of the molecule is CCCS(=O)(=O)N1CCCC1C(=O)NCc1ccnc(N2CCCC2)c1. The van der Waals surface area contributed by atoms with Crippen molar-refractivity contribution in [2.45, 2.75) is 51.6 Å². The molecule has 0 saturated carbocycles. The van der Waals surface area contributed by atoms with Gasteiger partial charge in [0, 0.05) is 32.4 Å². The summed E-state index contributed by atoms with van der Waals surface area (Å²) in [5.74, 6) is 0.837. The lowest BCUT2D eigenvalue weighted by Gasteiger charge is -2.23. The molecule has 0 radical (unpaired) electrons. The van der Waals surface area contributed by atoms with Crippen molar-refractivity contribution in [3.05, 3.63) is 23.9 Å². The van der Waals surface area contributed by atoms with Crippen LogP contribution in [0, 0.1) is 0 Å². The van der Waals surface area contributed by atoms with Crippen molar-refractivity contribution in [3.8, 4) is 0 Å². The highest BCUT2D eigenvalue weighted by Gasteiger charge is 2.37. The lowest BCUT2D eigenvalue weighted by Crippen LogP contribution is -2.46. The van der Waals surface area contributed by atoms with Crippen molar-refractivity contribution in [1.82, 2.24) is 14.6 Å². The van der Waals surface area contributed by atoms with Crippen LogP contribution in [0.4, 0.5) is 5.82 Å². The number of rotatable bonds is 7. The molecule has 1 aromatic rings. The largest absolute Gasteiger partial charge is 0.357 e. The Morgan fingerprint density at radius 1 is 1.27 bits per heavy atom. The molecule has 8 heteroatoms. The molecule has 1 atom stereocenters. The van der Waals surface area contributed by atoms with Crippen molar-refractivity contribution in [2.24, 2.45) is 0 Å². The second kappa shape index (κ2) is 8.35. The maximum Gasteiger partial charge on any atom is 0.238 e. The highest BCUT2D eigenvalue weighted by atomic mass is 32.2. The number of anilines is 1. The molecule has 3 rings (SSSR count). The van der Waals surface area contributed by atoms with Crippen LogP contribution in [0.15, 0.2) is 18.3 Å². The van der Waals surface area contributed by atoms with Crippen molar-refractivity contribution < 1.29 is 13.2 Å². The number of hydrogen-bond acceptors (Lipinski definition) is 5. The van der Waals surface area contributed by atoms with E-state index in [1.54, 1.807) is 6.20 Å². The fourth-order valence-corrected chi connectivity index (χ4v) is 5.45. The Labute approximate surface area is 155 Å². The van der Waals surface area contributed by atoms with Crippen LogP contribution in [-0.2, 0) is 21.4 Å². The lowest BCUT2D eigenvalue weighted by molar-refractivity contribution is -0.124. The molecule has 26 heavy (non-hydrogen) atoms. The topological polar surface area (TPSA) is 82.6 Å². The smallest absolute Gasteiger partial charge is 0.238 e. The zero-order valence-electron chi connectivity index (χ0n) is 15.4. The highest BCUT2D eigenvalue weighted by molar-refractivity contribution is 7.89. The summed E-state index contributed by atoms with van der Waals surface area (Å²) >= 11 is 0. The van der Waals surface area contributed by atoms with Gasteiger partial charge in [0.1, 0.15) is 11.9 Å². The van der Waals surface area contributed by atoms with Gasteiger partial charge in [-0.05, 0) is 49.8 Å². The molecule has 0 spiro atoms. The van der Waals surface area contributed by atoms with E-state index in [1.165, 1.54) is 17.1 Å². The number of pyridine rings is 1. The maximum absolute atomic E-state index is 12.6. The van der Waals surface area contributed by atoms with Crippen LogP contribution < -0.4 is 10.2 Å². The first kappa shape index (κ1) is 19.1. The summed E-state index contributed by atoms with van der Waals surface area (Å²) in [6, 6.07) is 3.32. The predicted molar refractivity (Wildman–Crippen MR) is 101 cm³/mol. The first-order valence-corrected chi connectivity index (χ1v) is 11.1. The molecule has 2 saturated heterocycles. The number of sulfonamides is 1. The third-order valence-electron chi connectivity index (χ3n) is 5.03. The summed E-state index contributed by atoms with van der Waals surface area (Å²) in [6.07, 6.45) is 6.02. The normalized spacial score (nSPS) is 21.3. The molecule has 0 aromatic carbocycles. The van der Waals surface area contributed by atoms with Crippen molar-refractivity contribution in [2.75, 3.05) is 30.3 Å². The Hall–Kier alpha value is -1.67. The van der Waals surface area contributed by atoms with Gasteiger partial charge in [-0.2, -0.15) is 4.31 Å². The summed E-state index contributed by atoms with van der Waals surface area (Å²) in [5, 5.41) is 2.91. The number of nitrogens with one attached hydrogen (secondary N) is 1. The van der Waals surface area contributed by atoms with E-state index in [1.807, 2.05) is 19.1 Å². The number of carbonyl (C=O) groups is 1. The Balaban J connectivity index is 1.61. The van der Waals surface area contributed by atoms with Gasteiger partial charge in [-0.3, -0.25) is 4.79 Å². The van der Waals surface area contributed by atoms with E-state index in [9.17, 15) is 13.2 Å². The van der Waals surface area contributed by atoms with Gasteiger partial charge in [0.05, 0.1) is 5.75 Å². The van der Waals surface area contributed by atoms with E-state index in [-0.39, 0.29) is 11.7 Å². The highest BCUT2D eigenvalue weighted by Crippen LogP contribution is 2.22. The zero-order valence-corrected chi connectivity index (χ0v) is 16.2. The minimum Gasteiger partial charge on any atom is -0.357 e. The van der Waals surface area contributed by atoms with Gasteiger partial charge < -0.3 is 10.2 Å². The van der Waals surface area contributed by atoms with Crippen LogP contribution in [-0.4, -0.2) is 55.0 Å². The Kier molecular flexibility index (Phi) is 6.13. The third kappa shape index (κ3) is 4.35. The molecule has 2 aliphatic heterocycles.